The highest BCUT2D eigenvalue weighted by atomic mass is 35.6. The van der Waals surface area contributed by atoms with Crippen LogP contribution in [0.25, 0.3) is 0 Å². The first-order valence-corrected chi connectivity index (χ1v) is 29.9. The van der Waals surface area contributed by atoms with Crippen LogP contribution in [0.3, 0.4) is 0 Å². The summed E-state index contributed by atoms with van der Waals surface area (Å²) in [5.74, 6) is -10.8. The van der Waals surface area contributed by atoms with Gasteiger partial charge in [-0.1, -0.05) is 141 Å². The standard InChI is InChI=1S/C55H67BCl6F2N4O19/c1-26-20-33-50(7,23-80-33)41-28(3)52(77)21-31(27(2)37(49(52,5)6)39(42(72)51(26,41)8)86-47(75)81-24-53(57,58)59)83-44(73)40(38(67-56(9)78)30-14-11-10-12-15-30)85-36(71)17-13-16-35(70)79-22-32-43(87-48(76)82-25-54(60,61)62)55(63,64)45(84-32)68-19-18-34(65-29(4)69)66-46(68)74/h10-12,14-15,18-19,26,28,31-33,38-41,43,45,67,77-78H,13,16-17,20-25H2,1-9H3,(H,65,66,69,74)/t26-,28-,31-,32+,33+,38-,39+,40+,41+,43+,45+,50+,51+,52+/m0/s1. The highest BCUT2D eigenvalue weighted by molar-refractivity contribution is 6.68. The molecule has 1 aromatic heterocycles. The number of ether oxygens (including phenoxy) is 9. The highest BCUT2D eigenvalue weighted by Crippen LogP contribution is 2.68. The van der Waals surface area contributed by atoms with Crippen LogP contribution in [0.5, 0.6) is 0 Å². The number of esters is 3. The molecular weight excluding hydrogens is 1280 g/mol. The van der Waals surface area contributed by atoms with Gasteiger partial charge < -0.3 is 63.3 Å². The molecule has 14 atom stereocenters. The van der Waals surface area contributed by atoms with E-state index in [9.17, 15) is 38.9 Å². The number of carbonyl (C=O) groups excluding carboxylic acids is 7. The molecular formula is C55H67BCl6F2N4O19. The number of hydrogen-bond donors (Lipinski definition) is 4. The predicted octanol–water partition coefficient (Wildman–Crippen LogP) is 8.26. The average Bonchev–Trinajstić information content (AvgIpc) is 1.20. The van der Waals surface area contributed by atoms with Gasteiger partial charge in [0.1, 0.15) is 37.8 Å². The van der Waals surface area contributed by atoms with Crippen molar-refractivity contribution in [3.05, 3.63) is 69.8 Å². The molecule has 2 saturated carbocycles. The van der Waals surface area contributed by atoms with E-state index in [1.165, 1.54) is 6.82 Å². The first-order valence-electron chi connectivity index (χ1n) is 27.6. The van der Waals surface area contributed by atoms with Crippen molar-refractivity contribution in [2.24, 2.45) is 34.0 Å². The summed E-state index contributed by atoms with van der Waals surface area (Å²) < 4.78 is 78.3. The third-order valence-corrected chi connectivity index (χ3v) is 18.1. The Bertz CT molecular complexity index is 3050. The zero-order chi connectivity index (χ0) is 64.7. The molecule has 2 aromatic rings. The monoisotopic (exact) mass is 1350 g/mol. The number of ketones is 1. The molecule has 32 heteroatoms. The molecule has 2 bridgehead atoms. The third-order valence-electron chi connectivity index (χ3n) is 17.4. The van der Waals surface area contributed by atoms with Crippen LogP contribution in [0.4, 0.5) is 24.2 Å². The Hall–Kier alpha value is -4.61. The van der Waals surface area contributed by atoms with Gasteiger partial charge >= 0.3 is 48.9 Å². The number of halogens is 8. The van der Waals surface area contributed by atoms with Crippen LogP contribution in [-0.4, -0.2) is 151 Å². The van der Waals surface area contributed by atoms with Gasteiger partial charge in [0, 0.05) is 48.6 Å². The predicted molar refractivity (Wildman–Crippen MR) is 309 cm³/mol. The number of aliphatic hydroxyl groups is 1. The Morgan fingerprint density at radius 2 is 1.51 bits per heavy atom. The molecule has 0 unspecified atom stereocenters. The van der Waals surface area contributed by atoms with E-state index in [0.29, 0.717) is 16.6 Å². The number of hydrogen-bond acceptors (Lipinski definition) is 21. The van der Waals surface area contributed by atoms with Crippen LogP contribution in [0.2, 0.25) is 6.82 Å². The minimum absolute atomic E-state index is 0.0979. The fourth-order valence-corrected chi connectivity index (χ4v) is 13.5. The van der Waals surface area contributed by atoms with Crippen molar-refractivity contribution in [1.82, 2.24) is 14.8 Å². The van der Waals surface area contributed by atoms with Crippen LogP contribution in [0.1, 0.15) is 105 Å². The summed E-state index contributed by atoms with van der Waals surface area (Å²) >= 11 is 34.6. The second kappa shape index (κ2) is 26.7. The molecule has 4 N–H and O–H groups in total. The quantitative estimate of drug-likeness (QED) is 0.0338. The van der Waals surface area contributed by atoms with Crippen LogP contribution in [0.15, 0.2) is 58.5 Å². The van der Waals surface area contributed by atoms with Crippen LogP contribution in [-0.2, 0) is 66.6 Å². The molecule has 7 rings (SSSR count). The number of benzene rings is 1. The summed E-state index contributed by atoms with van der Waals surface area (Å²) in [7, 11) is -1.35. The number of carbonyl (C=O) groups is 7. The maximum absolute atomic E-state index is 16.2. The van der Waals surface area contributed by atoms with E-state index in [1.54, 1.807) is 58.0 Å². The van der Waals surface area contributed by atoms with E-state index in [4.69, 9.17) is 108 Å². The van der Waals surface area contributed by atoms with Gasteiger partial charge in [0.25, 0.3) is 0 Å². The minimum Gasteiger partial charge on any atom is -0.463 e. The van der Waals surface area contributed by atoms with Gasteiger partial charge in [0.05, 0.1) is 24.4 Å². The lowest BCUT2D eigenvalue weighted by atomic mass is 9.39. The zero-order valence-electron chi connectivity index (χ0n) is 48.6. The molecule has 1 amide bonds. The van der Waals surface area contributed by atoms with Crippen molar-refractivity contribution in [2.45, 2.75) is 162 Å². The van der Waals surface area contributed by atoms with Crippen LogP contribution >= 0.6 is 69.6 Å². The van der Waals surface area contributed by atoms with Gasteiger partial charge in [-0.05, 0) is 67.1 Å². The van der Waals surface area contributed by atoms with Crippen molar-refractivity contribution < 1.29 is 95.1 Å². The summed E-state index contributed by atoms with van der Waals surface area (Å²) in [5.41, 5.74) is -5.92. The lowest BCUT2D eigenvalue weighted by Gasteiger charge is -2.69. The molecule has 2 saturated heterocycles. The lowest BCUT2D eigenvalue weighted by Crippen LogP contribution is -2.74. The summed E-state index contributed by atoms with van der Waals surface area (Å²) in [4.78, 5) is 112. The maximum atomic E-state index is 16.2. The Morgan fingerprint density at radius 3 is 2.07 bits per heavy atom. The molecule has 3 aliphatic carbocycles. The fraction of sp³-hybridized carbons (Fsp3) is 0.655. The van der Waals surface area contributed by atoms with Crippen molar-refractivity contribution in [2.75, 3.05) is 31.7 Å². The largest absolute Gasteiger partial charge is 0.509 e. The zero-order valence-corrected chi connectivity index (χ0v) is 53.1. The van der Waals surface area contributed by atoms with Gasteiger partial charge in [0.2, 0.25) is 31.9 Å². The molecule has 1 aromatic carbocycles. The Balaban J connectivity index is 1.14. The van der Waals surface area contributed by atoms with Crippen molar-refractivity contribution in [3.63, 3.8) is 0 Å². The molecule has 0 spiro atoms. The molecule has 5 aliphatic rings. The third kappa shape index (κ3) is 14.9. The molecule has 4 fully saturated rings. The average molecular weight is 1350 g/mol. The second-order valence-corrected chi connectivity index (χ2v) is 28.6. The Morgan fingerprint density at radius 1 is 0.897 bits per heavy atom. The van der Waals surface area contributed by atoms with Crippen molar-refractivity contribution >= 4 is 124 Å². The summed E-state index contributed by atoms with van der Waals surface area (Å²) in [6.07, 6.45) is -16.3. The van der Waals surface area contributed by atoms with E-state index in [0.717, 1.165) is 19.2 Å². The number of fused-ring (bicyclic) bond motifs is 5. The van der Waals surface area contributed by atoms with Crippen molar-refractivity contribution in [3.8, 4) is 0 Å². The number of Topliss-reactive ketones (excluding diaryl/α,β-unsaturated/α-hetero) is 1. The van der Waals surface area contributed by atoms with Gasteiger partial charge in [-0.15, -0.1) is 0 Å². The van der Waals surface area contributed by atoms with E-state index < -0.39 is 177 Å². The number of nitrogens with zero attached hydrogens (tertiary/aromatic N) is 2. The smallest absolute Gasteiger partial charge is 0.463 e. The molecule has 2 aliphatic heterocycles. The van der Waals surface area contributed by atoms with Gasteiger partial charge in [-0.3, -0.25) is 23.7 Å². The highest BCUT2D eigenvalue weighted by Gasteiger charge is 2.73. The first-order chi connectivity index (χ1) is 40.3. The number of aromatic nitrogens is 2. The summed E-state index contributed by atoms with van der Waals surface area (Å²) in [6.45, 7) is 12.4. The van der Waals surface area contributed by atoms with Gasteiger partial charge in [0.15, 0.2) is 11.9 Å². The lowest BCUT2D eigenvalue weighted by molar-refractivity contribution is -0.293. The van der Waals surface area contributed by atoms with Crippen LogP contribution in [0, 0.1) is 34.0 Å². The topological polar surface area (TPSA) is 302 Å². The number of amides is 1. The Labute approximate surface area is 529 Å². The minimum atomic E-state index is -4.28. The molecule has 480 valence electrons. The number of anilines is 1. The normalized spacial score (nSPS) is 30.5. The van der Waals surface area contributed by atoms with Crippen molar-refractivity contribution in [1.29, 1.82) is 0 Å². The van der Waals surface area contributed by atoms with E-state index in [1.807, 2.05) is 20.8 Å². The second-order valence-electron chi connectivity index (χ2n) is 23.5. The SMILES string of the molecule is CB(O)N[C@@H](c1ccccc1)[C@@H](OC(=O)CCCC(=O)OC[C@H]1O[C@@H](n2ccc(NC(C)=O)nc2=O)C(F)(F)[C@@H]1OC(=O)OCC(Cl)(Cl)Cl)C(=O)O[C@H]1C[C@@]2(O)[C@@H](C)[C@@H]3[C@]4(C)CO[C@@H]4C[C@H](C)[C@@]3(C)C(=O)[C@H](OC(=O)OCC(Cl)(Cl)Cl)C(=C1C)C2(C)C. The number of alkyl halides is 8. The number of rotatable bonds is 19. The number of nitrogens with one attached hydrogen (secondary N) is 2. The first kappa shape index (κ1) is 69.9. The molecule has 0 radical (unpaired) electrons. The fourth-order valence-electron chi connectivity index (χ4n) is 13.1. The van der Waals surface area contributed by atoms with Gasteiger partial charge in [-0.25, -0.2) is 19.2 Å². The molecule has 23 nitrogen and oxygen atoms in total. The molecule has 3 heterocycles. The molecule has 87 heavy (non-hydrogen) atoms. The summed E-state index contributed by atoms with van der Waals surface area (Å²) in [6, 6.07) is 7.72. The summed E-state index contributed by atoms with van der Waals surface area (Å²) in [5, 5.41) is 29.4. The van der Waals surface area contributed by atoms with Gasteiger partial charge in [-0.2, -0.15) is 13.8 Å². The maximum Gasteiger partial charge on any atom is 0.509 e. The van der Waals surface area contributed by atoms with E-state index in [2.05, 4.69) is 20.3 Å². The van der Waals surface area contributed by atoms with E-state index in [-0.39, 0.29) is 48.4 Å². The Kier molecular flexibility index (Phi) is 21.4. The van der Waals surface area contributed by atoms with Crippen LogP contribution < -0.4 is 16.2 Å². The van der Waals surface area contributed by atoms with E-state index >= 15 is 18.4 Å².